The highest BCUT2D eigenvalue weighted by atomic mass is 32.2. The molecule has 0 saturated carbocycles. The first-order valence-corrected chi connectivity index (χ1v) is 8.39. The first-order chi connectivity index (χ1) is 9.88. The highest BCUT2D eigenvalue weighted by molar-refractivity contribution is 7.99. The molecule has 3 rings (SSSR count). The Morgan fingerprint density at radius 3 is 2.65 bits per heavy atom. The molecule has 20 heavy (non-hydrogen) atoms. The Bertz CT molecular complexity index is 552. The van der Waals surface area contributed by atoms with E-state index in [1.165, 1.54) is 28.2 Å². The normalized spacial score (nSPS) is 19.4. The lowest BCUT2D eigenvalue weighted by atomic mass is 9.99. The summed E-state index contributed by atoms with van der Waals surface area (Å²) in [5.41, 5.74) is 2.86. The first-order valence-electron chi connectivity index (χ1n) is 7.41. The van der Waals surface area contributed by atoms with Crippen LogP contribution in [0.3, 0.4) is 0 Å². The van der Waals surface area contributed by atoms with Crippen molar-refractivity contribution in [2.75, 3.05) is 5.75 Å². The predicted molar refractivity (Wildman–Crippen MR) is 87.1 cm³/mol. The molecule has 1 nitrogen and oxygen atoms in total. The van der Waals surface area contributed by atoms with Crippen LogP contribution < -0.4 is 5.32 Å². The maximum absolute atomic E-state index is 3.86. The Kier molecular flexibility index (Phi) is 4.44. The third-order valence-corrected chi connectivity index (χ3v) is 5.09. The smallest absolute Gasteiger partial charge is 0.0344 e. The fraction of sp³-hybridized carbons (Fsp3) is 0.333. The fourth-order valence-electron chi connectivity index (χ4n) is 2.89. The Hall–Kier alpha value is -1.25. The van der Waals surface area contributed by atoms with Crippen molar-refractivity contribution in [3.05, 3.63) is 65.7 Å². The number of nitrogens with one attached hydrogen (secondary N) is 1. The van der Waals surface area contributed by atoms with Gasteiger partial charge >= 0.3 is 0 Å². The minimum absolute atomic E-state index is 0.442. The third kappa shape index (κ3) is 2.92. The van der Waals surface area contributed by atoms with Gasteiger partial charge in [-0.05, 0) is 35.8 Å². The second kappa shape index (κ2) is 6.47. The second-order valence-corrected chi connectivity index (χ2v) is 6.40. The summed E-state index contributed by atoms with van der Waals surface area (Å²) >= 11 is 1.98. The van der Waals surface area contributed by atoms with Crippen molar-refractivity contribution < 1.29 is 0 Å². The van der Waals surface area contributed by atoms with Gasteiger partial charge in [0.1, 0.15) is 0 Å². The van der Waals surface area contributed by atoms with E-state index in [0.717, 1.165) is 6.42 Å². The van der Waals surface area contributed by atoms with Crippen LogP contribution >= 0.6 is 11.8 Å². The van der Waals surface area contributed by atoms with Crippen molar-refractivity contribution in [1.29, 1.82) is 0 Å². The van der Waals surface area contributed by atoms with Gasteiger partial charge in [-0.2, -0.15) is 0 Å². The summed E-state index contributed by atoms with van der Waals surface area (Å²) in [5.74, 6) is 1.21. The molecule has 1 aliphatic rings. The third-order valence-electron chi connectivity index (χ3n) is 3.97. The molecule has 2 unspecified atom stereocenters. The van der Waals surface area contributed by atoms with Crippen LogP contribution in [0.5, 0.6) is 0 Å². The number of benzene rings is 2. The molecule has 0 aliphatic carbocycles. The van der Waals surface area contributed by atoms with Crippen molar-refractivity contribution in [2.45, 2.75) is 36.7 Å². The molecule has 1 aliphatic heterocycles. The lowest BCUT2D eigenvalue weighted by molar-refractivity contribution is 0.421. The topological polar surface area (TPSA) is 12.0 Å². The number of thioether (sulfide) groups is 1. The van der Waals surface area contributed by atoms with Crippen molar-refractivity contribution in [2.24, 2.45) is 0 Å². The zero-order chi connectivity index (χ0) is 13.8. The van der Waals surface area contributed by atoms with E-state index in [-0.39, 0.29) is 0 Å². The molecule has 0 saturated heterocycles. The van der Waals surface area contributed by atoms with Gasteiger partial charge in [-0.15, -0.1) is 11.8 Å². The number of hydrogen-bond donors (Lipinski definition) is 1. The van der Waals surface area contributed by atoms with Crippen LogP contribution in [0.15, 0.2) is 59.5 Å². The van der Waals surface area contributed by atoms with Gasteiger partial charge in [0.25, 0.3) is 0 Å². The summed E-state index contributed by atoms with van der Waals surface area (Å²) < 4.78 is 0. The Balaban J connectivity index is 1.81. The minimum Gasteiger partial charge on any atom is -0.303 e. The quantitative estimate of drug-likeness (QED) is 0.850. The molecule has 0 aromatic heterocycles. The number of rotatable bonds is 4. The van der Waals surface area contributed by atoms with E-state index in [4.69, 9.17) is 0 Å². The van der Waals surface area contributed by atoms with Gasteiger partial charge in [0.2, 0.25) is 0 Å². The van der Waals surface area contributed by atoms with E-state index in [0.29, 0.717) is 12.1 Å². The molecular formula is C18H21NS. The summed E-state index contributed by atoms with van der Waals surface area (Å²) in [5, 5.41) is 3.86. The summed E-state index contributed by atoms with van der Waals surface area (Å²) in [6, 6.07) is 20.5. The molecule has 104 valence electrons. The van der Waals surface area contributed by atoms with Gasteiger partial charge in [-0.3, -0.25) is 0 Å². The molecule has 0 bridgehead atoms. The zero-order valence-electron chi connectivity index (χ0n) is 11.9. The van der Waals surface area contributed by atoms with E-state index < -0.39 is 0 Å². The monoisotopic (exact) mass is 283 g/mol. The van der Waals surface area contributed by atoms with E-state index >= 15 is 0 Å². The standard InChI is InChI=1S/C18H21NS/c1-2-16(14-8-4-3-5-9-14)19-17-12-13-20-18-11-7-6-10-15(17)18/h3-11,16-17,19H,2,12-13H2,1H3. The summed E-state index contributed by atoms with van der Waals surface area (Å²) in [7, 11) is 0. The van der Waals surface area contributed by atoms with Crippen LogP contribution in [-0.4, -0.2) is 5.75 Å². The van der Waals surface area contributed by atoms with Crippen LogP contribution in [-0.2, 0) is 0 Å². The van der Waals surface area contributed by atoms with Crippen molar-refractivity contribution >= 4 is 11.8 Å². The molecule has 0 fully saturated rings. The van der Waals surface area contributed by atoms with Gasteiger partial charge < -0.3 is 5.32 Å². The van der Waals surface area contributed by atoms with Gasteiger partial charge in [0, 0.05) is 17.0 Å². The maximum Gasteiger partial charge on any atom is 0.0344 e. The van der Waals surface area contributed by atoms with Crippen LogP contribution in [0.25, 0.3) is 0 Å². The number of hydrogen-bond acceptors (Lipinski definition) is 2. The summed E-state index contributed by atoms with van der Waals surface area (Å²) in [6.07, 6.45) is 2.33. The predicted octanol–water partition coefficient (Wildman–Crippen LogP) is 4.96. The van der Waals surface area contributed by atoms with E-state index in [1.54, 1.807) is 0 Å². The van der Waals surface area contributed by atoms with Crippen LogP contribution in [0.2, 0.25) is 0 Å². The molecule has 2 heteroatoms. The van der Waals surface area contributed by atoms with E-state index in [9.17, 15) is 0 Å². The van der Waals surface area contributed by atoms with Crippen molar-refractivity contribution in [3.63, 3.8) is 0 Å². The Labute approximate surface area is 125 Å². The van der Waals surface area contributed by atoms with E-state index in [1.807, 2.05) is 11.8 Å². The second-order valence-electron chi connectivity index (χ2n) is 5.27. The summed E-state index contributed by atoms with van der Waals surface area (Å²) in [4.78, 5) is 1.44. The van der Waals surface area contributed by atoms with Crippen LogP contribution in [0, 0.1) is 0 Å². The SMILES string of the molecule is CCC(NC1CCSc2ccccc21)c1ccccc1. The molecule has 1 heterocycles. The maximum atomic E-state index is 3.86. The zero-order valence-corrected chi connectivity index (χ0v) is 12.7. The van der Waals surface area contributed by atoms with Gasteiger partial charge in [0.05, 0.1) is 0 Å². The average Bonchev–Trinajstić information content (AvgIpc) is 2.53. The largest absolute Gasteiger partial charge is 0.303 e. The molecule has 0 spiro atoms. The van der Waals surface area contributed by atoms with Crippen LogP contribution in [0.1, 0.15) is 43.0 Å². The Morgan fingerprint density at radius 1 is 1.10 bits per heavy atom. The van der Waals surface area contributed by atoms with Crippen molar-refractivity contribution in [3.8, 4) is 0 Å². The van der Waals surface area contributed by atoms with Gasteiger partial charge in [0.15, 0.2) is 0 Å². The number of fused-ring (bicyclic) bond motifs is 1. The Morgan fingerprint density at radius 2 is 1.85 bits per heavy atom. The molecule has 2 aromatic carbocycles. The lowest BCUT2D eigenvalue weighted by Crippen LogP contribution is -2.28. The minimum atomic E-state index is 0.442. The molecule has 2 atom stereocenters. The summed E-state index contributed by atoms with van der Waals surface area (Å²) in [6.45, 7) is 2.26. The van der Waals surface area contributed by atoms with Crippen LogP contribution in [0.4, 0.5) is 0 Å². The molecule has 0 amide bonds. The lowest BCUT2D eigenvalue weighted by Gasteiger charge is -2.30. The first kappa shape index (κ1) is 13.7. The highest BCUT2D eigenvalue weighted by Gasteiger charge is 2.22. The van der Waals surface area contributed by atoms with E-state index in [2.05, 4.69) is 66.8 Å². The molecular weight excluding hydrogens is 262 g/mol. The highest BCUT2D eigenvalue weighted by Crippen LogP contribution is 2.37. The van der Waals surface area contributed by atoms with Crippen molar-refractivity contribution in [1.82, 2.24) is 5.32 Å². The average molecular weight is 283 g/mol. The van der Waals surface area contributed by atoms with Gasteiger partial charge in [-0.1, -0.05) is 55.5 Å². The fourth-order valence-corrected chi connectivity index (χ4v) is 4.02. The van der Waals surface area contributed by atoms with Gasteiger partial charge in [-0.25, -0.2) is 0 Å². The molecule has 2 aromatic rings. The molecule has 1 N–H and O–H groups in total. The molecule has 0 radical (unpaired) electrons.